The number of carbonyl (C=O) groups excluding carboxylic acids is 2. The van der Waals surface area contributed by atoms with Gasteiger partial charge in [0.05, 0.1) is 12.8 Å². The smallest absolute Gasteiger partial charge is 0.314 e. The van der Waals surface area contributed by atoms with Gasteiger partial charge in [0.25, 0.3) is 0 Å². The normalized spacial score (nSPS) is 19.0. The SMILES string of the molecule is CC1=CCC(=O)O1.CC1=CCC(=O)O1. The van der Waals surface area contributed by atoms with E-state index in [1.54, 1.807) is 26.0 Å². The summed E-state index contributed by atoms with van der Waals surface area (Å²) in [6, 6.07) is 0. The summed E-state index contributed by atoms with van der Waals surface area (Å²) in [5, 5.41) is 0. The number of rotatable bonds is 0. The third-order valence-electron chi connectivity index (χ3n) is 1.66. The second kappa shape index (κ2) is 4.60. The highest BCUT2D eigenvalue weighted by atomic mass is 16.5. The molecule has 4 nitrogen and oxygen atoms in total. The summed E-state index contributed by atoms with van der Waals surface area (Å²) in [6.07, 6.45) is 4.43. The van der Waals surface area contributed by atoms with Crippen molar-refractivity contribution in [1.29, 1.82) is 0 Å². The number of carbonyl (C=O) groups is 2. The van der Waals surface area contributed by atoms with Crippen LogP contribution in [0.25, 0.3) is 0 Å². The fourth-order valence-corrected chi connectivity index (χ4v) is 0.980. The van der Waals surface area contributed by atoms with Crippen LogP contribution in [0.4, 0.5) is 0 Å². The highest BCUT2D eigenvalue weighted by Crippen LogP contribution is 2.08. The van der Waals surface area contributed by atoms with Crippen molar-refractivity contribution in [3.63, 3.8) is 0 Å². The van der Waals surface area contributed by atoms with Gasteiger partial charge in [0.15, 0.2) is 0 Å². The maximum Gasteiger partial charge on any atom is 0.314 e. The van der Waals surface area contributed by atoms with Crippen molar-refractivity contribution in [2.75, 3.05) is 0 Å². The summed E-state index contributed by atoms with van der Waals surface area (Å²) < 4.78 is 9.17. The van der Waals surface area contributed by atoms with E-state index in [1.165, 1.54) is 0 Å². The Kier molecular flexibility index (Phi) is 3.45. The quantitative estimate of drug-likeness (QED) is 0.553. The van der Waals surface area contributed by atoms with Gasteiger partial charge < -0.3 is 9.47 Å². The summed E-state index contributed by atoms with van der Waals surface area (Å²) in [6.45, 7) is 3.54. The second-order valence-electron chi connectivity index (χ2n) is 2.99. The average molecular weight is 196 g/mol. The predicted molar refractivity (Wildman–Crippen MR) is 48.9 cm³/mol. The maximum atomic E-state index is 10.2. The third-order valence-corrected chi connectivity index (χ3v) is 1.66. The van der Waals surface area contributed by atoms with Crippen molar-refractivity contribution < 1.29 is 19.1 Å². The van der Waals surface area contributed by atoms with Gasteiger partial charge in [-0.2, -0.15) is 0 Å². The third kappa shape index (κ3) is 3.43. The molecule has 0 fully saturated rings. The standard InChI is InChI=1S/2C5H6O2/c2*1-4-2-3-5(6)7-4/h2*2H,3H2,1H3. The summed E-state index contributed by atoms with van der Waals surface area (Å²) in [5.41, 5.74) is 0. The molecule has 2 rings (SSSR count). The number of hydrogen-bond acceptors (Lipinski definition) is 4. The Bertz CT molecular complexity index is 280. The summed E-state index contributed by atoms with van der Waals surface area (Å²) in [7, 11) is 0. The Morgan fingerprint density at radius 3 is 1.36 bits per heavy atom. The second-order valence-corrected chi connectivity index (χ2v) is 2.99. The number of allylic oxidation sites excluding steroid dienone is 2. The average Bonchev–Trinajstić information content (AvgIpc) is 2.63. The van der Waals surface area contributed by atoms with Crippen molar-refractivity contribution in [2.45, 2.75) is 26.7 Å². The number of esters is 2. The molecule has 0 unspecified atom stereocenters. The van der Waals surface area contributed by atoms with Crippen molar-refractivity contribution in [3.05, 3.63) is 23.7 Å². The van der Waals surface area contributed by atoms with Gasteiger partial charge in [-0.05, 0) is 26.0 Å². The van der Waals surface area contributed by atoms with Crippen LogP contribution in [0.15, 0.2) is 23.7 Å². The largest absolute Gasteiger partial charge is 0.431 e. The zero-order chi connectivity index (χ0) is 10.6. The molecule has 0 saturated heterocycles. The van der Waals surface area contributed by atoms with Crippen LogP contribution in [0.5, 0.6) is 0 Å². The van der Waals surface area contributed by atoms with Crippen LogP contribution in [0, 0.1) is 0 Å². The topological polar surface area (TPSA) is 52.6 Å². The molecule has 0 saturated carbocycles. The van der Waals surface area contributed by atoms with E-state index < -0.39 is 0 Å². The van der Waals surface area contributed by atoms with E-state index in [2.05, 4.69) is 9.47 Å². The Labute approximate surface area is 82.2 Å². The minimum atomic E-state index is -0.141. The first-order valence-corrected chi connectivity index (χ1v) is 4.33. The molecule has 0 aromatic carbocycles. The minimum Gasteiger partial charge on any atom is -0.431 e. The molecule has 0 aliphatic carbocycles. The van der Waals surface area contributed by atoms with Crippen LogP contribution in [-0.2, 0) is 19.1 Å². The van der Waals surface area contributed by atoms with Crippen molar-refractivity contribution >= 4 is 11.9 Å². The van der Waals surface area contributed by atoms with E-state index in [1.807, 2.05) is 0 Å². The lowest BCUT2D eigenvalue weighted by atomic mass is 10.4. The molecule has 76 valence electrons. The lowest BCUT2D eigenvalue weighted by Gasteiger charge is -1.87. The van der Waals surface area contributed by atoms with E-state index in [9.17, 15) is 9.59 Å². The van der Waals surface area contributed by atoms with E-state index in [4.69, 9.17) is 0 Å². The van der Waals surface area contributed by atoms with Gasteiger partial charge >= 0.3 is 11.9 Å². The molecule has 2 aliphatic heterocycles. The van der Waals surface area contributed by atoms with Gasteiger partial charge in [-0.3, -0.25) is 9.59 Å². The molecule has 0 bridgehead atoms. The molecule has 0 atom stereocenters. The first-order valence-electron chi connectivity index (χ1n) is 4.33. The van der Waals surface area contributed by atoms with Crippen LogP contribution in [0.1, 0.15) is 26.7 Å². The van der Waals surface area contributed by atoms with E-state index >= 15 is 0 Å². The van der Waals surface area contributed by atoms with Crippen LogP contribution in [0.2, 0.25) is 0 Å². The maximum absolute atomic E-state index is 10.2. The zero-order valence-corrected chi connectivity index (χ0v) is 8.20. The van der Waals surface area contributed by atoms with E-state index in [0.717, 1.165) is 11.5 Å². The summed E-state index contributed by atoms with van der Waals surface area (Å²) in [5.74, 6) is 1.17. The Balaban J connectivity index is 0.000000140. The fourth-order valence-electron chi connectivity index (χ4n) is 0.980. The zero-order valence-electron chi connectivity index (χ0n) is 8.20. The first kappa shape index (κ1) is 10.5. The van der Waals surface area contributed by atoms with Gasteiger partial charge in [-0.15, -0.1) is 0 Å². The molecule has 2 heterocycles. The predicted octanol–water partition coefficient (Wildman–Crippen LogP) is 1.67. The van der Waals surface area contributed by atoms with Crippen LogP contribution in [-0.4, -0.2) is 11.9 Å². The van der Waals surface area contributed by atoms with Gasteiger partial charge in [-0.1, -0.05) is 0 Å². The van der Waals surface area contributed by atoms with Crippen molar-refractivity contribution in [2.24, 2.45) is 0 Å². The van der Waals surface area contributed by atoms with E-state index in [-0.39, 0.29) is 11.9 Å². The Hall–Kier alpha value is -1.58. The Morgan fingerprint density at radius 2 is 1.29 bits per heavy atom. The lowest BCUT2D eigenvalue weighted by Crippen LogP contribution is -1.90. The molecule has 0 aromatic heterocycles. The van der Waals surface area contributed by atoms with Crippen LogP contribution >= 0.6 is 0 Å². The molecule has 14 heavy (non-hydrogen) atoms. The molecule has 0 N–H and O–H groups in total. The Morgan fingerprint density at radius 1 is 0.929 bits per heavy atom. The molecule has 0 amide bonds. The fraction of sp³-hybridized carbons (Fsp3) is 0.400. The number of cyclic esters (lactones) is 2. The summed E-state index contributed by atoms with van der Waals surface area (Å²) in [4.78, 5) is 20.4. The van der Waals surface area contributed by atoms with Gasteiger partial charge in [0.1, 0.15) is 11.5 Å². The van der Waals surface area contributed by atoms with Gasteiger partial charge in [0, 0.05) is 0 Å². The van der Waals surface area contributed by atoms with Gasteiger partial charge in [-0.25, -0.2) is 0 Å². The van der Waals surface area contributed by atoms with Crippen LogP contribution < -0.4 is 0 Å². The molecule has 0 spiro atoms. The minimum absolute atomic E-state index is 0.141. The molecule has 0 radical (unpaired) electrons. The van der Waals surface area contributed by atoms with E-state index in [0.29, 0.717) is 12.8 Å². The molecule has 0 aromatic rings. The monoisotopic (exact) mass is 196 g/mol. The van der Waals surface area contributed by atoms with Crippen molar-refractivity contribution in [1.82, 2.24) is 0 Å². The highest BCUT2D eigenvalue weighted by molar-refractivity contribution is 5.75. The molecular weight excluding hydrogens is 184 g/mol. The number of hydrogen-bond donors (Lipinski definition) is 0. The molecule has 4 heteroatoms. The highest BCUT2D eigenvalue weighted by Gasteiger charge is 2.08. The lowest BCUT2D eigenvalue weighted by molar-refractivity contribution is -0.137. The van der Waals surface area contributed by atoms with Crippen LogP contribution in [0.3, 0.4) is 0 Å². The first-order chi connectivity index (χ1) is 6.58. The van der Waals surface area contributed by atoms with Crippen molar-refractivity contribution in [3.8, 4) is 0 Å². The number of ether oxygens (including phenoxy) is 2. The molecular formula is C10H12O4. The molecule has 2 aliphatic rings. The summed E-state index contributed by atoms with van der Waals surface area (Å²) >= 11 is 0. The van der Waals surface area contributed by atoms with Gasteiger partial charge in [0.2, 0.25) is 0 Å².